The molecule has 1 fully saturated rings. The van der Waals surface area contributed by atoms with E-state index in [2.05, 4.69) is 15.2 Å². The van der Waals surface area contributed by atoms with Crippen molar-refractivity contribution >= 4 is 28.8 Å². The molecule has 0 unspecified atom stereocenters. The van der Waals surface area contributed by atoms with Crippen LogP contribution in [0.3, 0.4) is 0 Å². The number of piperazine rings is 1. The summed E-state index contributed by atoms with van der Waals surface area (Å²) in [6.07, 6.45) is -2.30. The van der Waals surface area contributed by atoms with Gasteiger partial charge in [-0.25, -0.2) is 4.98 Å². The van der Waals surface area contributed by atoms with Crippen molar-refractivity contribution < 1.29 is 22.8 Å². The number of nitrogens with one attached hydrogen (secondary N) is 1. The van der Waals surface area contributed by atoms with Crippen molar-refractivity contribution in [1.29, 1.82) is 0 Å². The first-order valence-corrected chi connectivity index (χ1v) is 10.9. The maximum atomic E-state index is 12.7. The summed E-state index contributed by atoms with van der Waals surface area (Å²) in [7, 11) is 0. The van der Waals surface area contributed by atoms with Gasteiger partial charge in [0.05, 0.1) is 17.0 Å². The number of hydrogen-bond acceptors (Lipinski definition) is 6. The summed E-state index contributed by atoms with van der Waals surface area (Å²) >= 11 is 1.41. The molecule has 6 nitrogen and oxygen atoms in total. The van der Waals surface area contributed by atoms with Gasteiger partial charge in [0.1, 0.15) is 5.82 Å². The molecule has 1 N–H and O–H groups in total. The lowest BCUT2D eigenvalue weighted by Gasteiger charge is -2.35. The van der Waals surface area contributed by atoms with Crippen LogP contribution in [0, 0.1) is 0 Å². The third kappa shape index (κ3) is 6.76. The Morgan fingerprint density at radius 3 is 2.48 bits per heavy atom. The molecule has 0 aromatic carbocycles. The van der Waals surface area contributed by atoms with Gasteiger partial charge in [-0.05, 0) is 37.2 Å². The van der Waals surface area contributed by atoms with E-state index in [1.54, 1.807) is 6.07 Å². The van der Waals surface area contributed by atoms with Crippen LogP contribution < -0.4 is 10.2 Å². The van der Waals surface area contributed by atoms with E-state index in [-0.39, 0.29) is 11.7 Å². The number of pyridine rings is 1. The second kappa shape index (κ2) is 10.2. The number of rotatable bonds is 8. The molecule has 2 aromatic heterocycles. The highest BCUT2D eigenvalue weighted by atomic mass is 32.1. The Bertz CT molecular complexity index is 891. The summed E-state index contributed by atoms with van der Waals surface area (Å²) in [6, 6.07) is 6.15. The molecular weight excluding hydrogens is 429 g/mol. The summed E-state index contributed by atoms with van der Waals surface area (Å²) in [5.41, 5.74) is -0.743. The molecule has 1 aliphatic heterocycles. The largest absolute Gasteiger partial charge is 0.417 e. The average Bonchev–Trinajstić information content (AvgIpc) is 3.21. The number of amides is 1. The van der Waals surface area contributed by atoms with Crippen LogP contribution in [-0.4, -0.2) is 54.3 Å². The summed E-state index contributed by atoms with van der Waals surface area (Å²) in [5.74, 6) is 0.553. The summed E-state index contributed by atoms with van der Waals surface area (Å²) in [4.78, 5) is 33.2. The molecule has 1 amide bonds. The number of ketones is 1. The zero-order valence-corrected chi connectivity index (χ0v) is 18.1. The van der Waals surface area contributed by atoms with E-state index in [0.29, 0.717) is 36.8 Å². The predicted molar refractivity (Wildman–Crippen MR) is 113 cm³/mol. The van der Waals surface area contributed by atoms with Crippen LogP contribution >= 0.6 is 11.3 Å². The summed E-state index contributed by atoms with van der Waals surface area (Å²) < 4.78 is 38.0. The fourth-order valence-electron chi connectivity index (χ4n) is 3.36. The molecule has 31 heavy (non-hydrogen) atoms. The van der Waals surface area contributed by atoms with Crippen LogP contribution in [0.15, 0.2) is 30.5 Å². The third-order valence-electron chi connectivity index (χ3n) is 5.10. The molecule has 3 rings (SSSR count). The van der Waals surface area contributed by atoms with E-state index in [4.69, 9.17) is 0 Å². The number of Topliss-reactive ketones (excluding diaryl/α,β-unsaturated/α-hetero) is 1. The average molecular weight is 455 g/mol. The molecule has 2 aromatic rings. The zero-order valence-electron chi connectivity index (χ0n) is 17.2. The second-order valence-corrected chi connectivity index (χ2v) is 8.60. The molecule has 0 aliphatic carbocycles. The van der Waals surface area contributed by atoms with Crippen LogP contribution in [0.4, 0.5) is 19.0 Å². The Morgan fingerprint density at radius 2 is 1.87 bits per heavy atom. The first-order chi connectivity index (χ1) is 14.7. The lowest BCUT2D eigenvalue weighted by Crippen LogP contribution is -2.47. The number of hydrogen-bond donors (Lipinski definition) is 1. The highest BCUT2D eigenvalue weighted by Gasteiger charge is 2.31. The minimum absolute atomic E-state index is 0.101. The molecule has 0 radical (unpaired) electrons. The fourth-order valence-corrected chi connectivity index (χ4v) is 4.28. The maximum Gasteiger partial charge on any atom is 0.417 e. The summed E-state index contributed by atoms with van der Waals surface area (Å²) in [6.45, 7) is 5.61. The van der Waals surface area contributed by atoms with Gasteiger partial charge in [-0.15, -0.1) is 11.3 Å². The van der Waals surface area contributed by atoms with Gasteiger partial charge < -0.3 is 10.2 Å². The molecule has 0 bridgehead atoms. The van der Waals surface area contributed by atoms with Crippen molar-refractivity contribution in [3.63, 3.8) is 0 Å². The lowest BCUT2D eigenvalue weighted by atomic mass is 10.1. The van der Waals surface area contributed by atoms with Gasteiger partial charge in [0, 0.05) is 50.6 Å². The van der Waals surface area contributed by atoms with Gasteiger partial charge in [0.25, 0.3) is 0 Å². The SMILES string of the molecule is CC(=O)NCc1ccc(C(=O)CCCN2CCN(c3ccc(C(F)(F)F)cn3)CC2)s1. The molecule has 10 heteroatoms. The second-order valence-electron chi connectivity index (χ2n) is 7.43. The summed E-state index contributed by atoms with van der Waals surface area (Å²) in [5, 5.41) is 2.72. The molecule has 3 heterocycles. The number of aromatic nitrogens is 1. The van der Waals surface area contributed by atoms with E-state index in [1.807, 2.05) is 11.0 Å². The molecule has 168 valence electrons. The Kier molecular flexibility index (Phi) is 7.66. The Balaban J connectivity index is 1.38. The number of alkyl halides is 3. The Morgan fingerprint density at radius 1 is 1.13 bits per heavy atom. The number of anilines is 1. The van der Waals surface area contributed by atoms with Crippen LogP contribution in [0.25, 0.3) is 0 Å². The van der Waals surface area contributed by atoms with E-state index in [9.17, 15) is 22.8 Å². The fraction of sp³-hybridized carbons (Fsp3) is 0.476. The van der Waals surface area contributed by atoms with Crippen LogP contribution in [-0.2, 0) is 17.5 Å². The van der Waals surface area contributed by atoms with Crippen LogP contribution in [0.2, 0.25) is 0 Å². The number of thiophene rings is 1. The highest BCUT2D eigenvalue weighted by molar-refractivity contribution is 7.14. The third-order valence-corrected chi connectivity index (χ3v) is 6.22. The predicted octanol–water partition coefficient (Wildman–Crippen LogP) is 3.58. The first-order valence-electron chi connectivity index (χ1n) is 10.1. The van der Waals surface area contributed by atoms with E-state index >= 15 is 0 Å². The molecule has 0 saturated carbocycles. The van der Waals surface area contributed by atoms with Crippen molar-refractivity contribution in [3.8, 4) is 0 Å². The smallest absolute Gasteiger partial charge is 0.354 e. The maximum absolute atomic E-state index is 12.7. The van der Waals surface area contributed by atoms with E-state index in [0.717, 1.165) is 43.2 Å². The monoisotopic (exact) mass is 454 g/mol. The van der Waals surface area contributed by atoms with Gasteiger partial charge in [-0.3, -0.25) is 14.5 Å². The molecular formula is C21H25F3N4O2S. The topological polar surface area (TPSA) is 65.5 Å². The van der Waals surface area contributed by atoms with E-state index in [1.165, 1.54) is 24.3 Å². The lowest BCUT2D eigenvalue weighted by molar-refractivity contribution is -0.137. The number of halogens is 3. The number of carbonyl (C=O) groups is 2. The minimum atomic E-state index is -4.38. The molecule has 1 aliphatic rings. The van der Waals surface area contributed by atoms with Gasteiger partial charge >= 0.3 is 6.18 Å². The minimum Gasteiger partial charge on any atom is -0.354 e. The quantitative estimate of drug-likeness (QED) is 0.618. The molecule has 1 saturated heterocycles. The van der Waals surface area contributed by atoms with E-state index < -0.39 is 11.7 Å². The molecule has 0 atom stereocenters. The number of carbonyl (C=O) groups excluding carboxylic acids is 2. The van der Waals surface area contributed by atoms with Gasteiger partial charge in [0.15, 0.2) is 5.78 Å². The Hall–Kier alpha value is -2.46. The standard InChI is InChI=1S/C21H25F3N4O2S/c1-15(29)25-14-17-5-6-19(31-17)18(30)3-2-8-27-9-11-28(12-10-27)20-7-4-16(13-26-20)21(22,23)24/h4-7,13H,2-3,8-12,14H2,1H3,(H,25,29). The van der Waals surface area contributed by atoms with Gasteiger partial charge in [-0.1, -0.05) is 0 Å². The van der Waals surface area contributed by atoms with Gasteiger partial charge in [0.2, 0.25) is 5.91 Å². The van der Waals surface area contributed by atoms with Crippen molar-refractivity contribution in [2.24, 2.45) is 0 Å². The Labute approximate surface area is 183 Å². The van der Waals surface area contributed by atoms with Crippen LogP contribution in [0.5, 0.6) is 0 Å². The highest BCUT2D eigenvalue weighted by Crippen LogP contribution is 2.29. The van der Waals surface area contributed by atoms with Crippen LogP contribution in [0.1, 0.15) is 39.9 Å². The normalized spacial score (nSPS) is 15.2. The van der Waals surface area contributed by atoms with Crippen molar-refractivity contribution in [1.82, 2.24) is 15.2 Å². The van der Waals surface area contributed by atoms with Crippen molar-refractivity contribution in [2.75, 3.05) is 37.6 Å². The van der Waals surface area contributed by atoms with Crippen molar-refractivity contribution in [2.45, 2.75) is 32.5 Å². The van der Waals surface area contributed by atoms with Crippen molar-refractivity contribution in [3.05, 3.63) is 45.8 Å². The zero-order chi connectivity index (χ0) is 22.4. The number of nitrogens with zero attached hydrogens (tertiary/aromatic N) is 3. The molecule has 0 spiro atoms. The van der Waals surface area contributed by atoms with Gasteiger partial charge in [-0.2, -0.15) is 13.2 Å². The first kappa shape index (κ1) is 23.2.